The monoisotopic (exact) mass is 920 g/mol. The number of fused-ring (bicyclic) bond motifs is 3. The number of carbonyl (C=O) groups excluding carboxylic acids is 4. The number of ether oxygens (including phenoxy) is 2. The Morgan fingerprint density at radius 3 is 2.62 bits per heavy atom. The first-order valence-corrected chi connectivity index (χ1v) is 24.0. The Bertz CT molecular complexity index is 2780. The molecular formula is C47H52N8O8S2. The van der Waals surface area contributed by atoms with Gasteiger partial charge < -0.3 is 35.6 Å². The fourth-order valence-electron chi connectivity index (χ4n) is 8.32. The molecule has 3 aromatic carbocycles. The summed E-state index contributed by atoms with van der Waals surface area (Å²) in [5.41, 5.74) is 1.10. The van der Waals surface area contributed by atoms with E-state index in [1.54, 1.807) is 61.7 Å². The molecule has 8 rings (SSSR count). The molecule has 0 radical (unpaired) electrons. The van der Waals surface area contributed by atoms with Gasteiger partial charge in [0.1, 0.15) is 39.8 Å². The molecule has 0 unspecified atom stereocenters. The number of allylic oxidation sites excluding steroid dienone is 1. The minimum atomic E-state index is -4.39. The molecule has 5 aromatic rings. The van der Waals surface area contributed by atoms with Crippen molar-refractivity contribution in [1.82, 2.24) is 24.9 Å². The van der Waals surface area contributed by atoms with E-state index in [2.05, 4.69) is 26.0 Å². The van der Waals surface area contributed by atoms with Crippen LogP contribution in [-0.4, -0.2) is 90.8 Å². The summed E-state index contributed by atoms with van der Waals surface area (Å²) in [7, 11) is -2.82. The van der Waals surface area contributed by atoms with E-state index in [0.29, 0.717) is 51.7 Å². The molecule has 1 aliphatic carbocycles. The second kappa shape index (κ2) is 18.9. The minimum absolute atomic E-state index is 0.0208. The van der Waals surface area contributed by atoms with E-state index >= 15 is 0 Å². The Kier molecular flexibility index (Phi) is 13.1. The van der Waals surface area contributed by atoms with Gasteiger partial charge in [0.05, 0.1) is 30.6 Å². The van der Waals surface area contributed by atoms with Crippen molar-refractivity contribution in [2.75, 3.05) is 36.1 Å². The van der Waals surface area contributed by atoms with Crippen LogP contribution in [-0.2, 0) is 24.4 Å². The van der Waals surface area contributed by atoms with Gasteiger partial charge in [0.2, 0.25) is 11.8 Å². The summed E-state index contributed by atoms with van der Waals surface area (Å²) in [5, 5.41) is 15.5. The van der Waals surface area contributed by atoms with E-state index in [9.17, 15) is 27.6 Å². The van der Waals surface area contributed by atoms with Crippen molar-refractivity contribution in [3.05, 3.63) is 95.9 Å². The summed E-state index contributed by atoms with van der Waals surface area (Å²) in [4.78, 5) is 66.6. The van der Waals surface area contributed by atoms with Crippen LogP contribution < -0.4 is 35.5 Å². The molecule has 16 nitrogen and oxygen atoms in total. The number of sulfonamides is 1. The van der Waals surface area contributed by atoms with Crippen LogP contribution in [0.4, 0.5) is 16.5 Å². The number of likely N-dealkylation sites (tertiary alicyclic amines) is 1. The van der Waals surface area contributed by atoms with Crippen molar-refractivity contribution in [1.29, 1.82) is 0 Å². The number of nitrogens with zero attached hydrogens (tertiary/aromatic N) is 3. The Morgan fingerprint density at radius 1 is 0.985 bits per heavy atom. The van der Waals surface area contributed by atoms with E-state index in [0.717, 1.165) is 30.8 Å². The highest BCUT2D eigenvalue weighted by Crippen LogP contribution is 2.46. The lowest BCUT2D eigenvalue weighted by Gasteiger charge is -2.26. The lowest BCUT2D eigenvalue weighted by Crippen LogP contribution is -2.56. The molecule has 0 bridgehead atoms. The summed E-state index contributed by atoms with van der Waals surface area (Å²) < 4.78 is 42.3. The lowest BCUT2D eigenvalue weighted by molar-refractivity contribution is -0.131. The predicted molar refractivity (Wildman–Crippen MR) is 250 cm³/mol. The molecule has 1 saturated heterocycles. The quantitative estimate of drug-likeness (QED) is 0.0924. The van der Waals surface area contributed by atoms with E-state index in [1.165, 1.54) is 35.3 Å². The van der Waals surface area contributed by atoms with E-state index in [4.69, 9.17) is 19.4 Å². The van der Waals surface area contributed by atoms with Crippen LogP contribution in [0, 0.1) is 5.92 Å². The van der Waals surface area contributed by atoms with Gasteiger partial charge in [0, 0.05) is 66.0 Å². The molecule has 1 saturated carbocycles. The van der Waals surface area contributed by atoms with Gasteiger partial charge in [-0.15, -0.1) is 11.3 Å². The van der Waals surface area contributed by atoms with Crippen LogP contribution >= 0.6 is 11.3 Å². The smallest absolute Gasteiger partial charge is 0.266 e. The normalized spacial score (nSPS) is 22.2. The van der Waals surface area contributed by atoms with Crippen LogP contribution in [0.5, 0.6) is 11.5 Å². The molecule has 3 aliphatic rings. The minimum Gasteiger partial charge on any atom is -0.497 e. The maximum atomic E-state index is 14.8. The fourth-order valence-corrected chi connectivity index (χ4v) is 10.4. The standard InChI is InChI=1S/C47H52N8O8S2/c1-28(2)49-46-52-39(27-64-46)38-24-41(35-19-18-33(62-4)22-37(35)51-38)63-34-23-40(55(26-34)44(58)30-13-12-15-32(21-30)50-29(3)56)43(57)53-47-25-31(47)14-8-6-5-7-11-20-48-36-16-9-10-17-42(36)65(60,61)54-45(47)59/h8-10,12-19,21-22,24,27-28,31,34,40,48H,5-7,11,20,23,25-26H2,1-4H3,(H,49,52)(H,50,56)(H,53,57)(H,54,59)/b14-8-/t31-,34+,40-,47+/m0/s1. The molecule has 18 heteroatoms. The first-order valence-electron chi connectivity index (χ1n) is 21.7. The third-order valence-corrected chi connectivity index (χ3v) is 13.8. The number of pyridine rings is 1. The molecule has 5 N–H and O–H groups in total. The number of thiazole rings is 1. The zero-order valence-electron chi connectivity index (χ0n) is 36.6. The maximum Gasteiger partial charge on any atom is 0.266 e. The number of para-hydroxylation sites is 1. The van der Waals surface area contributed by atoms with Gasteiger partial charge in [-0.05, 0) is 82.0 Å². The van der Waals surface area contributed by atoms with E-state index < -0.39 is 51.3 Å². The summed E-state index contributed by atoms with van der Waals surface area (Å²) >= 11 is 1.45. The van der Waals surface area contributed by atoms with Gasteiger partial charge in [0.15, 0.2) is 5.13 Å². The number of hydrogen-bond acceptors (Lipinski definition) is 13. The summed E-state index contributed by atoms with van der Waals surface area (Å²) in [5.74, 6) is -1.84. The number of rotatable bonds is 10. The molecule has 2 aliphatic heterocycles. The van der Waals surface area contributed by atoms with Crippen LogP contribution in [0.1, 0.15) is 69.7 Å². The number of carbonyl (C=O) groups is 4. The zero-order chi connectivity index (χ0) is 45.9. The number of hydrogen-bond donors (Lipinski definition) is 5. The van der Waals surface area contributed by atoms with Crippen molar-refractivity contribution in [3.8, 4) is 22.9 Å². The zero-order valence-corrected chi connectivity index (χ0v) is 38.2. The average Bonchev–Trinajstić information content (AvgIpc) is 3.53. The van der Waals surface area contributed by atoms with E-state index in [-0.39, 0.29) is 41.8 Å². The van der Waals surface area contributed by atoms with Crippen LogP contribution in [0.25, 0.3) is 22.3 Å². The molecule has 0 spiro atoms. The van der Waals surface area contributed by atoms with Gasteiger partial charge in [-0.1, -0.05) is 36.8 Å². The number of amides is 4. The highest BCUT2D eigenvalue weighted by molar-refractivity contribution is 7.90. The van der Waals surface area contributed by atoms with Crippen molar-refractivity contribution in [2.24, 2.45) is 5.92 Å². The molecule has 2 aromatic heterocycles. The van der Waals surface area contributed by atoms with Crippen LogP contribution in [0.3, 0.4) is 0 Å². The topological polar surface area (TPSA) is 210 Å². The van der Waals surface area contributed by atoms with Gasteiger partial charge >= 0.3 is 0 Å². The number of nitrogens with one attached hydrogen (secondary N) is 5. The van der Waals surface area contributed by atoms with Crippen molar-refractivity contribution >= 4 is 72.4 Å². The Hall–Kier alpha value is -6.53. The van der Waals surface area contributed by atoms with Crippen molar-refractivity contribution in [2.45, 2.75) is 87.9 Å². The fraction of sp³-hybridized carbons (Fsp3) is 0.362. The first kappa shape index (κ1) is 45.1. The van der Waals surface area contributed by atoms with Crippen LogP contribution in [0.2, 0.25) is 0 Å². The van der Waals surface area contributed by atoms with Gasteiger partial charge in [-0.2, -0.15) is 0 Å². The van der Waals surface area contributed by atoms with Crippen LogP contribution in [0.15, 0.2) is 95.2 Å². The average molecular weight is 921 g/mol. The molecule has 340 valence electrons. The summed E-state index contributed by atoms with van der Waals surface area (Å²) in [6.45, 7) is 5.94. The van der Waals surface area contributed by atoms with Crippen molar-refractivity contribution < 1.29 is 37.1 Å². The number of anilines is 3. The van der Waals surface area contributed by atoms with Gasteiger partial charge in [-0.3, -0.25) is 19.2 Å². The molecule has 4 heterocycles. The number of aromatic nitrogens is 2. The summed E-state index contributed by atoms with van der Waals surface area (Å²) in [6, 6.07) is 19.0. The Balaban J connectivity index is 1.13. The number of benzene rings is 3. The number of methoxy groups -OCH3 is 1. The first-order chi connectivity index (χ1) is 31.2. The highest BCUT2D eigenvalue weighted by Gasteiger charge is 2.61. The second-order valence-electron chi connectivity index (χ2n) is 16.8. The lowest BCUT2D eigenvalue weighted by atomic mass is 10.1. The SMILES string of the molecule is COc1ccc2c(O[C@@H]3C[C@@H](C(=O)N[C@]45C[C@@H]4/C=C\CCCCCNc4ccccc4S(=O)(=O)NC5=O)N(C(=O)c4cccc(NC(C)=O)c4)C3)cc(-c3csc(NC(C)C)n3)nc2c1. The summed E-state index contributed by atoms with van der Waals surface area (Å²) in [6.07, 6.45) is 6.63. The maximum absolute atomic E-state index is 14.8. The molecule has 4 amide bonds. The highest BCUT2D eigenvalue weighted by atomic mass is 32.2. The van der Waals surface area contributed by atoms with Gasteiger partial charge in [-0.25, -0.2) is 23.1 Å². The van der Waals surface area contributed by atoms with Gasteiger partial charge in [0.25, 0.3) is 21.8 Å². The Morgan fingerprint density at radius 2 is 1.82 bits per heavy atom. The third-order valence-electron chi connectivity index (χ3n) is 11.6. The largest absolute Gasteiger partial charge is 0.497 e. The molecule has 65 heavy (non-hydrogen) atoms. The second-order valence-corrected chi connectivity index (χ2v) is 19.4. The van der Waals surface area contributed by atoms with E-state index in [1.807, 2.05) is 37.4 Å². The third kappa shape index (κ3) is 10.1. The Labute approximate surface area is 381 Å². The molecule has 4 atom stereocenters. The molecular weight excluding hydrogens is 869 g/mol. The predicted octanol–water partition coefficient (Wildman–Crippen LogP) is 6.73. The van der Waals surface area contributed by atoms with Crippen molar-refractivity contribution in [3.63, 3.8) is 0 Å². The molecule has 2 fully saturated rings.